The van der Waals surface area contributed by atoms with E-state index in [2.05, 4.69) is 16.0 Å². The SMILES string of the molecule is COc1ccc2c(O[C@@H]3C[C@H]4C(=O)N[C@]5(C(=O)O)C[C@H]5C=CCCCCCC(OC(=O)NC(C)(C)C)C(=O)N4C3)cc(-c3nc(C4CC4)cs3)nc2c1C. The zero-order valence-electron chi connectivity index (χ0n) is 31.5. The molecule has 4 aliphatic rings. The van der Waals surface area contributed by atoms with E-state index in [1.165, 1.54) is 16.2 Å². The van der Waals surface area contributed by atoms with Gasteiger partial charge in [-0.25, -0.2) is 19.6 Å². The molecular weight excluding hydrogens is 711 g/mol. The molecular formula is C40H49N5O8S. The number of hydrogen-bond donors (Lipinski definition) is 3. The molecule has 1 saturated heterocycles. The first-order valence-corrected chi connectivity index (χ1v) is 19.8. The number of hydrogen-bond acceptors (Lipinski definition) is 10. The minimum absolute atomic E-state index is 0.0123. The van der Waals surface area contributed by atoms with Crippen LogP contribution in [-0.4, -0.2) is 86.8 Å². The fourth-order valence-electron chi connectivity index (χ4n) is 7.51. The van der Waals surface area contributed by atoms with Gasteiger partial charge in [0, 0.05) is 46.2 Å². The Kier molecular flexibility index (Phi) is 10.3. The largest absolute Gasteiger partial charge is 0.496 e. The minimum Gasteiger partial charge on any atom is -0.496 e. The molecule has 0 radical (unpaired) electrons. The maximum absolute atomic E-state index is 14.5. The Balaban J connectivity index is 1.23. The molecule has 4 heterocycles. The Morgan fingerprint density at radius 2 is 1.89 bits per heavy atom. The fraction of sp³-hybridized carbons (Fsp3) is 0.550. The van der Waals surface area contributed by atoms with Crippen LogP contribution in [0.5, 0.6) is 11.5 Å². The lowest BCUT2D eigenvalue weighted by Crippen LogP contribution is -2.55. The van der Waals surface area contributed by atoms with E-state index in [0.717, 1.165) is 53.8 Å². The molecule has 3 amide bonds. The summed E-state index contributed by atoms with van der Waals surface area (Å²) in [6, 6.07) is 4.52. The Labute approximate surface area is 318 Å². The monoisotopic (exact) mass is 759 g/mol. The number of aryl methyl sites for hydroxylation is 1. The van der Waals surface area contributed by atoms with E-state index < -0.39 is 53.2 Å². The van der Waals surface area contributed by atoms with Gasteiger partial charge in [0.25, 0.3) is 5.91 Å². The number of rotatable bonds is 7. The van der Waals surface area contributed by atoms with Crippen LogP contribution in [0, 0.1) is 12.8 Å². The summed E-state index contributed by atoms with van der Waals surface area (Å²) in [5, 5.41) is 19.4. The number of methoxy groups -OCH3 is 1. The summed E-state index contributed by atoms with van der Waals surface area (Å²) in [5.41, 5.74) is 1.16. The van der Waals surface area contributed by atoms with Crippen LogP contribution in [0.15, 0.2) is 35.7 Å². The van der Waals surface area contributed by atoms with E-state index in [4.69, 9.17) is 24.2 Å². The summed E-state index contributed by atoms with van der Waals surface area (Å²) in [7, 11) is 1.61. The van der Waals surface area contributed by atoms with Crippen molar-refractivity contribution in [1.29, 1.82) is 0 Å². The molecule has 7 rings (SSSR count). The molecule has 3 aromatic rings. The van der Waals surface area contributed by atoms with Crippen LogP contribution in [0.4, 0.5) is 4.79 Å². The molecule has 1 aromatic carbocycles. The topological polar surface area (TPSA) is 169 Å². The van der Waals surface area contributed by atoms with E-state index in [1.807, 2.05) is 58.0 Å². The van der Waals surface area contributed by atoms with Crippen LogP contribution in [0.25, 0.3) is 21.6 Å². The second-order valence-corrected chi connectivity index (χ2v) is 16.9. The van der Waals surface area contributed by atoms with Gasteiger partial charge in [-0.05, 0) is 84.8 Å². The lowest BCUT2D eigenvalue weighted by Gasteiger charge is -2.29. The van der Waals surface area contributed by atoms with Crippen molar-refractivity contribution < 1.29 is 38.5 Å². The Morgan fingerprint density at radius 3 is 2.61 bits per heavy atom. The molecule has 0 bridgehead atoms. The number of pyridine rings is 1. The summed E-state index contributed by atoms with van der Waals surface area (Å²) in [5.74, 6) is -0.916. The summed E-state index contributed by atoms with van der Waals surface area (Å²) in [6.07, 6.45) is 7.13. The Hall–Kier alpha value is -4.72. The molecule has 2 saturated carbocycles. The highest BCUT2D eigenvalue weighted by atomic mass is 32.1. The standard InChI is InChI=1S/C40H49N5O8S/c1-22-30(51-5)16-15-26-32(18-27(41-33(22)26)35-42-28(21-54-35)23-13-14-23)52-25-17-29-34(46)43-40(37(48)49)19-24(40)11-9-7-6-8-10-12-31(36(47)45(29)20-25)53-38(50)44-39(2,3)4/h9,11,15-16,18,21,23-25,29,31H,6-8,10,12-14,17,19-20H2,1-5H3,(H,43,46)(H,44,50)(H,48,49)/t24-,25-,29+,31?,40-/m1/s1. The van der Waals surface area contributed by atoms with Crippen LogP contribution in [-0.2, 0) is 19.1 Å². The molecule has 288 valence electrons. The van der Waals surface area contributed by atoms with Gasteiger partial charge in [-0.1, -0.05) is 18.6 Å². The first-order chi connectivity index (χ1) is 25.8. The van der Waals surface area contributed by atoms with Crippen molar-refractivity contribution in [2.24, 2.45) is 5.92 Å². The quantitative estimate of drug-likeness (QED) is 0.233. The number of benzene rings is 1. The summed E-state index contributed by atoms with van der Waals surface area (Å²) >= 11 is 1.53. The number of carboxylic acids is 1. The highest BCUT2D eigenvalue weighted by Gasteiger charge is 2.61. The average Bonchev–Trinajstić information content (AvgIpc) is 3.98. The number of nitrogens with zero attached hydrogens (tertiary/aromatic N) is 3. The molecule has 2 aliphatic heterocycles. The van der Waals surface area contributed by atoms with Gasteiger partial charge in [-0.2, -0.15) is 0 Å². The second-order valence-electron chi connectivity index (χ2n) is 16.0. The number of aromatic nitrogens is 2. The third-order valence-corrected chi connectivity index (χ3v) is 11.6. The number of nitrogens with one attached hydrogen (secondary N) is 2. The number of carbonyl (C=O) groups is 4. The molecule has 2 aromatic heterocycles. The van der Waals surface area contributed by atoms with Crippen LogP contribution in [0.3, 0.4) is 0 Å². The Bertz CT molecular complexity index is 1990. The number of amides is 3. The van der Waals surface area contributed by atoms with Gasteiger partial charge >= 0.3 is 12.1 Å². The lowest BCUT2D eigenvalue weighted by atomic mass is 10.1. The number of thiazole rings is 1. The third kappa shape index (κ3) is 7.89. The van der Waals surface area contributed by atoms with Gasteiger partial charge < -0.3 is 34.9 Å². The predicted molar refractivity (Wildman–Crippen MR) is 203 cm³/mol. The summed E-state index contributed by atoms with van der Waals surface area (Å²) < 4.78 is 18.2. The molecule has 3 N–H and O–H groups in total. The van der Waals surface area contributed by atoms with Crippen molar-refractivity contribution in [2.75, 3.05) is 13.7 Å². The number of alkyl carbamates (subject to hydrolysis) is 1. The molecule has 5 atom stereocenters. The van der Waals surface area contributed by atoms with E-state index >= 15 is 0 Å². The smallest absolute Gasteiger partial charge is 0.408 e. The zero-order valence-corrected chi connectivity index (χ0v) is 32.3. The van der Waals surface area contributed by atoms with Crippen molar-refractivity contribution >= 4 is 46.1 Å². The minimum atomic E-state index is -1.45. The molecule has 14 heteroatoms. The van der Waals surface area contributed by atoms with Crippen molar-refractivity contribution in [3.63, 3.8) is 0 Å². The van der Waals surface area contributed by atoms with Crippen LogP contribution >= 0.6 is 11.3 Å². The molecule has 3 fully saturated rings. The molecule has 2 aliphatic carbocycles. The predicted octanol–water partition coefficient (Wildman–Crippen LogP) is 6.27. The van der Waals surface area contributed by atoms with Gasteiger partial charge in [0.05, 0.1) is 24.9 Å². The summed E-state index contributed by atoms with van der Waals surface area (Å²) in [6.45, 7) is 7.40. The van der Waals surface area contributed by atoms with Crippen molar-refractivity contribution in [1.82, 2.24) is 25.5 Å². The van der Waals surface area contributed by atoms with Crippen molar-refractivity contribution in [2.45, 2.75) is 121 Å². The summed E-state index contributed by atoms with van der Waals surface area (Å²) in [4.78, 5) is 65.5. The van der Waals surface area contributed by atoms with Gasteiger partial charge in [0.1, 0.15) is 39.9 Å². The number of ether oxygens (including phenoxy) is 3. The molecule has 0 spiro atoms. The number of aliphatic carboxylic acids is 1. The van der Waals surface area contributed by atoms with E-state index in [0.29, 0.717) is 35.0 Å². The number of carbonyl (C=O) groups excluding carboxylic acids is 3. The maximum Gasteiger partial charge on any atom is 0.408 e. The second kappa shape index (κ2) is 14.8. The highest BCUT2D eigenvalue weighted by Crippen LogP contribution is 2.46. The van der Waals surface area contributed by atoms with Crippen molar-refractivity contribution in [3.05, 3.63) is 47.0 Å². The first-order valence-electron chi connectivity index (χ1n) is 18.9. The first kappa shape index (κ1) is 37.6. The lowest BCUT2D eigenvalue weighted by molar-refractivity contribution is -0.148. The van der Waals surface area contributed by atoms with Crippen LogP contribution < -0.4 is 20.1 Å². The molecule has 54 heavy (non-hydrogen) atoms. The van der Waals surface area contributed by atoms with Crippen LogP contribution in [0.2, 0.25) is 0 Å². The van der Waals surface area contributed by atoms with Gasteiger partial charge in [0.15, 0.2) is 6.10 Å². The maximum atomic E-state index is 14.5. The number of fused-ring (bicyclic) bond motifs is 3. The third-order valence-electron chi connectivity index (χ3n) is 10.7. The van der Waals surface area contributed by atoms with Crippen LogP contribution in [0.1, 0.15) is 95.7 Å². The average molecular weight is 760 g/mol. The van der Waals surface area contributed by atoms with Gasteiger partial charge in [-0.3, -0.25) is 9.59 Å². The van der Waals surface area contributed by atoms with E-state index in [1.54, 1.807) is 7.11 Å². The normalized spacial score (nSPS) is 26.2. The Morgan fingerprint density at radius 1 is 1.09 bits per heavy atom. The number of allylic oxidation sites excluding steroid dienone is 1. The van der Waals surface area contributed by atoms with Gasteiger partial charge in [0.2, 0.25) is 5.91 Å². The van der Waals surface area contributed by atoms with Gasteiger partial charge in [-0.15, -0.1) is 11.3 Å². The fourth-order valence-corrected chi connectivity index (χ4v) is 8.37. The molecule has 1 unspecified atom stereocenters. The zero-order chi connectivity index (χ0) is 38.4. The van der Waals surface area contributed by atoms with E-state index in [9.17, 15) is 24.3 Å². The highest BCUT2D eigenvalue weighted by molar-refractivity contribution is 7.13. The van der Waals surface area contributed by atoms with Crippen molar-refractivity contribution in [3.8, 4) is 22.2 Å². The number of carboxylic acid groups (broad SMARTS) is 1. The molecule has 13 nitrogen and oxygen atoms in total. The van der Waals surface area contributed by atoms with E-state index in [-0.39, 0.29) is 31.7 Å².